The van der Waals surface area contributed by atoms with Crippen LogP contribution in [-0.4, -0.2) is 34.8 Å². The van der Waals surface area contributed by atoms with E-state index in [2.05, 4.69) is 10.3 Å². The molecule has 1 aromatic heterocycles. The van der Waals surface area contributed by atoms with Gasteiger partial charge in [0.05, 0.1) is 23.7 Å². The first-order valence-corrected chi connectivity index (χ1v) is 10.6. The summed E-state index contributed by atoms with van der Waals surface area (Å²) in [5.74, 6) is -1.92. The largest absolute Gasteiger partial charge is 0.507 e. The highest BCUT2D eigenvalue weighted by atomic mass is 35.5. The molecule has 34 heavy (non-hydrogen) atoms. The quantitative estimate of drug-likeness (QED) is 0.321. The van der Waals surface area contributed by atoms with Crippen molar-refractivity contribution in [1.82, 2.24) is 4.98 Å². The molecule has 2 heterocycles. The zero-order valence-corrected chi connectivity index (χ0v) is 19.0. The van der Waals surface area contributed by atoms with E-state index in [9.17, 15) is 19.5 Å². The van der Waals surface area contributed by atoms with Crippen LogP contribution in [0.3, 0.4) is 0 Å². The third-order valence-electron chi connectivity index (χ3n) is 5.34. The molecule has 9 heteroatoms. The molecule has 1 aliphatic heterocycles. The number of methoxy groups -OCH3 is 1. The van der Waals surface area contributed by atoms with Gasteiger partial charge in [-0.3, -0.25) is 24.3 Å². The number of Topliss-reactive ketones (excluding diaryl/α,β-unsaturated/α-hetero) is 1. The molecule has 2 amide bonds. The van der Waals surface area contributed by atoms with Crippen LogP contribution in [0.4, 0.5) is 11.4 Å². The smallest absolute Gasteiger partial charge is 0.300 e. The topological polar surface area (TPSA) is 109 Å². The third kappa shape index (κ3) is 4.23. The molecule has 0 bridgehead atoms. The van der Waals surface area contributed by atoms with Gasteiger partial charge >= 0.3 is 0 Å². The van der Waals surface area contributed by atoms with Crippen molar-refractivity contribution in [2.45, 2.75) is 13.0 Å². The minimum Gasteiger partial charge on any atom is -0.507 e. The molecule has 8 nitrogen and oxygen atoms in total. The molecule has 4 rings (SSSR count). The van der Waals surface area contributed by atoms with Crippen LogP contribution in [0.1, 0.15) is 24.1 Å². The normalized spacial score (nSPS) is 17.0. The van der Waals surface area contributed by atoms with Gasteiger partial charge in [-0.2, -0.15) is 0 Å². The summed E-state index contributed by atoms with van der Waals surface area (Å²) in [6, 6.07) is 13.5. The van der Waals surface area contributed by atoms with Crippen molar-refractivity contribution < 1.29 is 24.2 Å². The minimum atomic E-state index is -0.956. The molecule has 0 aliphatic carbocycles. The van der Waals surface area contributed by atoms with E-state index in [-0.39, 0.29) is 22.1 Å². The van der Waals surface area contributed by atoms with E-state index in [1.54, 1.807) is 48.7 Å². The number of carbonyl (C=O) groups is 3. The third-order valence-corrected chi connectivity index (χ3v) is 5.67. The Hall–Kier alpha value is -4.17. The molecule has 1 atom stereocenters. The number of benzene rings is 2. The Morgan fingerprint density at radius 3 is 2.50 bits per heavy atom. The van der Waals surface area contributed by atoms with Gasteiger partial charge in [0, 0.05) is 36.3 Å². The fourth-order valence-corrected chi connectivity index (χ4v) is 4.03. The minimum absolute atomic E-state index is 0.126. The highest BCUT2D eigenvalue weighted by Crippen LogP contribution is 2.43. The molecule has 1 fully saturated rings. The number of halogens is 1. The van der Waals surface area contributed by atoms with Crippen LogP contribution < -0.4 is 15.0 Å². The maximum atomic E-state index is 13.2. The molecule has 0 saturated carbocycles. The molecule has 1 unspecified atom stereocenters. The number of pyridine rings is 1. The first kappa shape index (κ1) is 23.0. The van der Waals surface area contributed by atoms with Crippen molar-refractivity contribution >= 4 is 46.3 Å². The second-order valence-corrected chi connectivity index (χ2v) is 7.94. The van der Waals surface area contributed by atoms with Crippen molar-refractivity contribution in [1.29, 1.82) is 0 Å². The molecular weight excluding hydrogens is 458 g/mol. The van der Waals surface area contributed by atoms with Gasteiger partial charge in [0.2, 0.25) is 5.91 Å². The highest BCUT2D eigenvalue weighted by molar-refractivity contribution is 6.52. The van der Waals surface area contributed by atoms with Gasteiger partial charge in [0.1, 0.15) is 11.5 Å². The second kappa shape index (κ2) is 9.36. The van der Waals surface area contributed by atoms with Crippen LogP contribution in [0.2, 0.25) is 5.02 Å². The summed E-state index contributed by atoms with van der Waals surface area (Å²) in [6.45, 7) is 1.39. The number of carbonyl (C=O) groups excluding carboxylic acids is 3. The summed E-state index contributed by atoms with van der Waals surface area (Å²) in [5.41, 5.74) is 1.50. The van der Waals surface area contributed by atoms with Crippen LogP contribution in [0, 0.1) is 0 Å². The van der Waals surface area contributed by atoms with E-state index in [4.69, 9.17) is 16.3 Å². The van der Waals surface area contributed by atoms with Gasteiger partial charge < -0.3 is 15.2 Å². The fourth-order valence-electron chi connectivity index (χ4n) is 3.82. The molecule has 172 valence electrons. The van der Waals surface area contributed by atoms with Gasteiger partial charge in [0.25, 0.3) is 11.7 Å². The SMILES string of the molecule is COc1ccc(Cl)c(/C(O)=C2\C(=O)C(=O)N(c3ccc(NC(C)=O)cc3)C2c2cccnc2)c1. The molecule has 1 saturated heterocycles. The Morgan fingerprint density at radius 2 is 1.88 bits per heavy atom. The molecular formula is C25H20ClN3O5. The number of aliphatic hydroxyl groups is 1. The lowest BCUT2D eigenvalue weighted by atomic mass is 9.96. The first-order chi connectivity index (χ1) is 16.3. The van der Waals surface area contributed by atoms with Crippen molar-refractivity contribution in [3.8, 4) is 5.75 Å². The molecule has 2 N–H and O–H groups in total. The standard InChI is InChI=1S/C25H20ClN3O5/c1-14(30)28-16-5-7-17(8-6-16)29-22(15-4-3-11-27-13-15)21(24(32)25(29)33)23(31)19-12-18(34-2)9-10-20(19)26/h3-13,22,31H,1-2H3,(H,28,30)/b23-21+. The zero-order chi connectivity index (χ0) is 24.4. The predicted octanol–water partition coefficient (Wildman–Crippen LogP) is 4.33. The van der Waals surface area contributed by atoms with Gasteiger partial charge in [-0.1, -0.05) is 17.7 Å². The highest BCUT2D eigenvalue weighted by Gasteiger charge is 2.47. The Labute approximate surface area is 200 Å². The number of amides is 2. The average Bonchev–Trinajstić information content (AvgIpc) is 3.10. The lowest BCUT2D eigenvalue weighted by molar-refractivity contribution is -0.132. The van der Waals surface area contributed by atoms with E-state index < -0.39 is 23.5 Å². The molecule has 0 radical (unpaired) electrons. The number of rotatable bonds is 5. The predicted molar refractivity (Wildman–Crippen MR) is 128 cm³/mol. The number of nitrogens with zero attached hydrogens (tertiary/aromatic N) is 2. The number of hydrogen-bond donors (Lipinski definition) is 2. The molecule has 3 aromatic rings. The van der Waals surface area contributed by atoms with Crippen LogP contribution >= 0.6 is 11.6 Å². The molecule has 1 aliphatic rings. The summed E-state index contributed by atoms with van der Waals surface area (Å²) in [7, 11) is 1.46. The van der Waals surface area contributed by atoms with E-state index in [1.165, 1.54) is 37.3 Å². The second-order valence-electron chi connectivity index (χ2n) is 7.53. The van der Waals surface area contributed by atoms with E-state index in [0.717, 1.165) is 0 Å². The number of aromatic nitrogens is 1. The van der Waals surface area contributed by atoms with Crippen molar-refractivity contribution in [2.24, 2.45) is 0 Å². The average molecular weight is 478 g/mol. The Morgan fingerprint density at radius 1 is 1.15 bits per heavy atom. The van der Waals surface area contributed by atoms with Crippen molar-refractivity contribution in [2.75, 3.05) is 17.3 Å². The summed E-state index contributed by atoms with van der Waals surface area (Å²) >= 11 is 6.31. The fraction of sp³-hybridized carbons (Fsp3) is 0.120. The Bertz CT molecular complexity index is 1310. The van der Waals surface area contributed by atoms with Crippen molar-refractivity contribution in [3.05, 3.63) is 88.7 Å². The number of ketones is 1. The summed E-state index contributed by atoms with van der Waals surface area (Å²) in [4.78, 5) is 43.1. The van der Waals surface area contributed by atoms with Gasteiger partial charge in [0.15, 0.2) is 0 Å². The van der Waals surface area contributed by atoms with Crippen LogP contribution in [-0.2, 0) is 14.4 Å². The van der Waals surface area contributed by atoms with Gasteiger partial charge in [-0.15, -0.1) is 0 Å². The maximum absolute atomic E-state index is 13.2. The van der Waals surface area contributed by atoms with E-state index in [1.807, 2.05) is 0 Å². The van der Waals surface area contributed by atoms with Gasteiger partial charge in [-0.05, 0) is 54.1 Å². The molecule has 0 spiro atoms. The number of hydrogen-bond acceptors (Lipinski definition) is 6. The molecule has 2 aromatic carbocycles. The van der Waals surface area contributed by atoms with Crippen LogP contribution in [0.15, 0.2) is 72.6 Å². The maximum Gasteiger partial charge on any atom is 0.300 e. The monoisotopic (exact) mass is 477 g/mol. The lowest BCUT2D eigenvalue weighted by Gasteiger charge is -2.25. The van der Waals surface area contributed by atoms with Crippen LogP contribution in [0.5, 0.6) is 5.75 Å². The Kier molecular flexibility index (Phi) is 6.34. The summed E-state index contributed by atoms with van der Waals surface area (Å²) in [6.07, 6.45) is 3.09. The van der Waals surface area contributed by atoms with E-state index >= 15 is 0 Å². The number of nitrogens with one attached hydrogen (secondary N) is 1. The Balaban J connectivity index is 1.89. The number of anilines is 2. The summed E-state index contributed by atoms with van der Waals surface area (Å²) < 4.78 is 5.22. The first-order valence-electron chi connectivity index (χ1n) is 10.2. The number of ether oxygens (including phenoxy) is 1. The lowest BCUT2D eigenvalue weighted by Crippen LogP contribution is -2.29. The van der Waals surface area contributed by atoms with Crippen LogP contribution in [0.25, 0.3) is 5.76 Å². The van der Waals surface area contributed by atoms with E-state index in [0.29, 0.717) is 22.7 Å². The van der Waals surface area contributed by atoms with Crippen molar-refractivity contribution in [3.63, 3.8) is 0 Å². The zero-order valence-electron chi connectivity index (χ0n) is 18.3. The number of aliphatic hydroxyl groups excluding tert-OH is 1. The summed E-state index contributed by atoms with van der Waals surface area (Å²) in [5, 5.41) is 14.1. The van der Waals surface area contributed by atoms with Gasteiger partial charge in [-0.25, -0.2) is 0 Å².